The van der Waals surface area contributed by atoms with Crippen LogP contribution in [0.5, 0.6) is 0 Å². The Balaban J connectivity index is 2.43. The van der Waals surface area contributed by atoms with E-state index in [0.717, 1.165) is 16.7 Å². The maximum Gasteiger partial charge on any atom is 0.316 e. The lowest BCUT2D eigenvalue weighted by atomic mass is 9.87. The predicted molar refractivity (Wildman–Crippen MR) is 82.1 cm³/mol. The summed E-state index contributed by atoms with van der Waals surface area (Å²) in [6, 6.07) is 14.9. The average Bonchev–Trinajstić information content (AvgIpc) is 2.51. The van der Waals surface area contributed by atoms with Crippen molar-refractivity contribution < 1.29 is 14.6 Å². The largest absolute Gasteiger partial charge is 0.468 e. The Morgan fingerprint density at radius 2 is 1.67 bits per heavy atom. The molecular formula is C18H20O3. The molecule has 110 valence electrons. The molecule has 0 bridgehead atoms. The van der Waals surface area contributed by atoms with E-state index in [1.54, 1.807) is 0 Å². The van der Waals surface area contributed by atoms with E-state index in [0.29, 0.717) is 5.56 Å². The molecule has 3 heteroatoms. The normalized spacial score (nSPS) is 13.5. The molecule has 0 aliphatic carbocycles. The number of carbonyl (C=O) groups is 1. The molecule has 0 aromatic heterocycles. The third kappa shape index (κ3) is 3.31. The molecule has 0 heterocycles. The number of benzene rings is 2. The van der Waals surface area contributed by atoms with Crippen LogP contribution >= 0.6 is 0 Å². The van der Waals surface area contributed by atoms with Crippen LogP contribution in [0.3, 0.4) is 0 Å². The number of carbonyl (C=O) groups excluding carboxylic acids is 1. The molecule has 1 N–H and O–H groups in total. The second kappa shape index (κ2) is 6.55. The topological polar surface area (TPSA) is 46.5 Å². The average molecular weight is 284 g/mol. The monoisotopic (exact) mass is 284 g/mol. The van der Waals surface area contributed by atoms with Crippen molar-refractivity contribution in [2.24, 2.45) is 0 Å². The second-order valence-electron chi connectivity index (χ2n) is 5.20. The number of esters is 1. The molecule has 2 aromatic rings. The standard InChI is InChI=1S/C18H20O3/c1-12-9-10-15(11-13(12)2)16(18(20)21-3)17(19)14-7-5-4-6-8-14/h4-11,16-17,19H,1-3H3/t16-,17+/m0/s1. The van der Waals surface area contributed by atoms with Gasteiger partial charge in [-0.15, -0.1) is 0 Å². The van der Waals surface area contributed by atoms with E-state index in [1.807, 2.05) is 62.4 Å². The summed E-state index contributed by atoms with van der Waals surface area (Å²) in [6.45, 7) is 4.00. The maximum atomic E-state index is 12.1. The molecule has 2 aromatic carbocycles. The number of hydrogen-bond donors (Lipinski definition) is 1. The molecule has 0 unspecified atom stereocenters. The summed E-state index contributed by atoms with van der Waals surface area (Å²) in [6.07, 6.45) is -0.930. The summed E-state index contributed by atoms with van der Waals surface area (Å²) in [5.41, 5.74) is 3.70. The van der Waals surface area contributed by atoms with Crippen molar-refractivity contribution in [1.82, 2.24) is 0 Å². The third-order valence-corrected chi connectivity index (χ3v) is 3.80. The van der Waals surface area contributed by atoms with Gasteiger partial charge < -0.3 is 9.84 Å². The van der Waals surface area contributed by atoms with Crippen LogP contribution in [-0.4, -0.2) is 18.2 Å². The zero-order valence-corrected chi connectivity index (χ0v) is 12.5. The van der Waals surface area contributed by atoms with Gasteiger partial charge in [-0.3, -0.25) is 4.79 Å². The number of aryl methyl sites for hydroxylation is 2. The first-order valence-corrected chi connectivity index (χ1v) is 6.92. The summed E-state index contributed by atoms with van der Waals surface area (Å²) in [4.78, 5) is 12.1. The minimum Gasteiger partial charge on any atom is -0.468 e. The van der Waals surface area contributed by atoms with Crippen molar-refractivity contribution in [1.29, 1.82) is 0 Å². The van der Waals surface area contributed by atoms with Gasteiger partial charge in [0.05, 0.1) is 13.2 Å². The highest BCUT2D eigenvalue weighted by Gasteiger charge is 2.30. The molecule has 21 heavy (non-hydrogen) atoms. The van der Waals surface area contributed by atoms with Crippen LogP contribution in [0, 0.1) is 13.8 Å². The van der Waals surface area contributed by atoms with Crippen molar-refractivity contribution in [2.75, 3.05) is 7.11 Å². The van der Waals surface area contributed by atoms with Gasteiger partial charge in [0.1, 0.15) is 5.92 Å². The molecule has 0 saturated carbocycles. The molecule has 0 saturated heterocycles. The fraction of sp³-hybridized carbons (Fsp3) is 0.278. The summed E-state index contributed by atoms with van der Waals surface area (Å²) in [5, 5.41) is 10.6. The zero-order valence-electron chi connectivity index (χ0n) is 12.5. The fourth-order valence-corrected chi connectivity index (χ4v) is 2.37. The predicted octanol–water partition coefficient (Wildman–Crippen LogP) is 3.29. The maximum absolute atomic E-state index is 12.1. The SMILES string of the molecule is COC(=O)[C@@H](c1ccc(C)c(C)c1)[C@H](O)c1ccccc1. The first-order chi connectivity index (χ1) is 10.0. The minimum atomic E-state index is -0.930. The van der Waals surface area contributed by atoms with Gasteiger partial charge in [-0.2, -0.15) is 0 Å². The summed E-state index contributed by atoms with van der Waals surface area (Å²) in [5.74, 6) is -1.16. The molecular weight excluding hydrogens is 264 g/mol. The van der Waals surface area contributed by atoms with Crippen LogP contribution < -0.4 is 0 Å². The molecule has 0 aliphatic heterocycles. The van der Waals surface area contributed by atoms with E-state index in [4.69, 9.17) is 4.74 Å². The van der Waals surface area contributed by atoms with Gasteiger partial charge in [0.2, 0.25) is 0 Å². The number of hydrogen-bond acceptors (Lipinski definition) is 3. The highest BCUT2D eigenvalue weighted by Crippen LogP contribution is 2.32. The van der Waals surface area contributed by atoms with E-state index in [2.05, 4.69) is 0 Å². The van der Waals surface area contributed by atoms with Gasteiger partial charge in [-0.05, 0) is 36.1 Å². The van der Waals surface area contributed by atoms with E-state index in [9.17, 15) is 9.90 Å². The number of aliphatic hydroxyl groups excluding tert-OH is 1. The number of aliphatic hydroxyl groups is 1. The Kier molecular flexibility index (Phi) is 4.76. The van der Waals surface area contributed by atoms with Crippen LogP contribution in [0.25, 0.3) is 0 Å². The van der Waals surface area contributed by atoms with Gasteiger partial charge in [0.15, 0.2) is 0 Å². The smallest absolute Gasteiger partial charge is 0.316 e. The van der Waals surface area contributed by atoms with Crippen LogP contribution in [0.2, 0.25) is 0 Å². The Bertz CT molecular complexity index is 620. The molecule has 2 rings (SSSR count). The van der Waals surface area contributed by atoms with Crippen molar-refractivity contribution in [3.63, 3.8) is 0 Å². The van der Waals surface area contributed by atoms with Crippen LogP contribution in [0.1, 0.15) is 34.3 Å². The van der Waals surface area contributed by atoms with Gasteiger partial charge in [0, 0.05) is 0 Å². The molecule has 3 nitrogen and oxygen atoms in total. The van der Waals surface area contributed by atoms with Gasteiger partial charge in [-0.1, -0.05) is 48.5 Å². The van der Waals surface area contributed by atoms with Crippen molar-refractivity contribution in [2.45, 2.75) is 25.9 Å². The minimum absolute atomic E-state index is 0.436. The third-order valence-electron chi connectivity index (χ3n) is 3.80. The quantitative estimate of drug-likeness (QED) is 0.876. The van der Waals surface area contributed by atoms with Crippen LogP contribution in [-0.2, 0) is 9.53 Å². The number of methoxy groups -OCH3 is 1. The highest BCUT2D eigenvalue weighted by atomic mass is 16.5. The molecule has 0 amide bonds. The molecule has 2 atom stereocenters. The van der Waals surface area contributed by atoms with E-state index >= 15 is 0 Å². The molecule has 0 spiro atoms. The van der Waals surface area contributed by atoms with Crippen molar-refractivity contribution in [3.8, 4) is 0 Å². The second-order valence-corrected chi connectivity index (χ2v) is 5.20. The van der Waals surface area contributed by atoms with Crippen molar-refractivity contribution in [3.05, 3.63) is 70.8 Å². The fourth-order valence-electron chi connectivity index (χ4n) is 2.37. The lowest BCUT2D eigenvalue weighted by Crippen LogP contribution is -2.22. The lowest BCUT2D eigenvalue weighted by molar-refractivity contribution is -0.145. The first kappa shape index (κ1) is 15.3. The van der Waals surface area contributed by atoms with Crippen LogP contribution in [0.4, 0.5) is 0 Å². The molecule has 0 fully saturated rings. The summed E-state index contributed by atoms with van der Waals surface area (Å²) < 4.78 is 4.88. The van der Waals surface area contributed by atoms with Gasteiger partial charge in [-0.25, -0.2) is 0 Å². The Hall–Kier alpha value is -2.13. The van der Waals surface area contributed by atoms with Gasteiger partial charge >= 0.3 is 5.97 Å². The van der Waals surface area contributed by atoms with Crippen LogP contribution in [0.15, 0.2) is 48.5 Å². The number of rotatable bonds is 4. The first-order valence-electron chi connectivity index (χ1n) is 6.92. The lowest BCUT2D eigenvalue weighted by Gasteiger charge is -2.22. The Morgan fingerprint density at radius 3 is 2.24 bits per heavy atom. The van der Waals surface area contributed by atoms with Gasteiger partial charge in [0.25, 0.3) is 0 Å². The summed E-state index contributed by atoms with van der Waals surface area (Å²) >= 11 is 0. The van der Waals surface area contributed by atoms with E-state index < -0.39 is 18.0 Å². The van der Waals surface area contributed by atoms with Crippen molar-refractivity contribution >= 4 is 5.97 Å². The Labute approximate surface area is 125 Å². The highest BCUT2D eigenvalue weighted by molar-refractivity contribution is 5.79. The Morgan fingerprint density at radius 1 is 1.00 bits per heavy atom. The number of ether oxygens (including phenoxy) is 1. The zero-order chi connectivity index (χ0) is 15.4. The molecule has 0 aliphatic rings. The van der Waals surface area contributed by atoms with E-state index in [1.165, 1.54) is 7.11 Å². The summed E-state index contributed by atoms with van der Waals surface area (Å²) in [7, 11) is 1.34. The van der Waals surface area contributed by atoms with E-state index in [-0.39, 0.29) is 0 Å². The molecule has 0 radical (unpaired) electrons.